The molecule has 0 aromatic heterocycles. The molecule has 0 radical (unpaired) electrons. The third-order valence-corrected chi connectivity index (χ3v) is 4.04. The molecule has 2 aromatic carbocycles. The first-order valence-electron chi connectivity index (χ1n) is 6.94. The number of piperazine rings is 1. The molecular formula is C16H17ClFN3. The Hall–Kier alpha value is -1.94. The lowest BCUT2D eigenvalue weighted by molar-refractivity contribution is 0.598. The summed E-state index contributed by atoms with van der Waals surface area (Å²) in [7, 11) is 0. The molecule has 5 heteroatoms. The number of halogens is 2. The van der Waals surface area contributed by atoms with Gasteiger partial charge in [0.05, 0.1) is 17.1 Å². The van der Waals surface area contributed by atoms with E-state index in [1.54, 1.807) is 12.1 Å². The second-order valence-electron chi connectivity index (χ2n) is 5.13. The predicted octanol–water partition coefficient (Wildman–Crippen LogP) is 3.39. The van der Waals surface area contributed by atoms with Gasteiger partial charge in [0.1, 0.15) is 5.82 Å². The van der Waals surface area contributed by atoms with Crippen LogP contribution in [0.3, 0.4) is 0 Å². The highest BCUT2D eigenvalue weighted by atomic mass is 35.5. The van der Waals surface area contributed by atoms with Gasteiger partial charge in [0.25, 0.3) is 0 Å². The largest absolute Gasteiger partial charge is 0.397 e. The van der Waals surface area contributed by atoms with Gasteiger partial charge in [-0.25, -0.2) is 4.39 Å². The van der Waals surface area contributed by atoms with Crippen molar-refractivity contribution in [2.75, 3.05) is 41.7 Å². The van der Waals surface area contributed by atoms with Gasteiger partial charge in [0.2, 0.25) is 0 Å². The first-order chi connectivity index (χ1) is 10.1. The van der Waals surface area contributed by atoms with E-state index in [4.69, 9.17) is 17.3 Å². The van der Waals surface area contributed by atoms with Crippen LogP contribution >= 0.6 is 11.6 Å². The number of rotatable bonds is 2. The van der Waals surface area contributed by atoms with Gasteiger partial charge in [-0.3, -0.25) is 0 Å². The summed E-state index contributed by atoms with van der Waals surface area (Å²) in [6, 6.07) is 12.4. The van der Waals surface area contributed by atoms with Gasteiger partial charge >= 0.3 is 0 Å². The van der Waals surface area contributed by atoms with Crippen molar-refractivity contribution in [1.29, 1.82) is 0 Å². The molecule has 3 nitrogen and oxygen atoms in total. The lowest BCUT2D eigenvalue weighted by Crippen LogP contribution is -2.47. The van der Waals surface area contributed by atoms with Crippen molar-refractivity contribution < 1.29 is 4.39 Å². The fraction of sp³-hybridized carbons (Fsp3) is 0.250. The van der Waals surface area contributed by atoms with E-state index in [-0.39, 0.29) is 5.82 Å². The average Bonchev–Trinajstić information content (AvgIpc) is 2.50. The van der Waals surface area contributed by atoms with Crippen LogP contribution in [-0.2, 0) is 0 Å². The summed E-state index contributed by atoms with van der Waals surface area (Å²) < 4.78 is 13.8. The van der Waals surface area contributed by atoms with Gasteiger partial charge in [0, 0.05) is 31.2 Å². The summed E-state index contributed by atoms with van der Waals surface area (Å²) in [5.74, 6) is -0.173. The summed E-state index contributed by atoms with van der Waals surface area (Å²) in [5.41, 5.74) is 8.35. The molecule has 1 heterocycles. The van der Waals surface area contributed by atoms with Crippen LogP contribution in [0, 0.1) is 5.82 Å². The summed E-state index contributed by atoms with van der Waals surface area (Å²) in [6.45, 7) is 3.09. The molecule has 2 aromatic rings. The maximum Gasteiger partial charge on any atom is 0.146 e. The molecule has 0 amide bonds. The fourth-order valence-corrected chi connectivity index (χ4v) is 2.85. The van der Waals surface area contributed by atoms with E-state index >= 15 is 0 Å². The minimum Gasteiger partial charge on any atom is -0.397 e. The topological polar surface area (TPSA) is 32.5 Å². The van der Waals surface area contributed by atoms with Crippen molar-refractivity contribution in [2.24, 2.45) is 0 Å². The summed E-state index contributed by atoms with van der Waals surface area (Å²) in [6.07, 6.45) is 0. The van der Waals surface area contributed by atoms with Gasteiger partial charge in [-0.05, 0) is 30.3 Å². The van der Waals surface area contributed by atoms with Crippen molar-refractivity contribution in [2.45, 2.75) is 0 Å². The minimum atomic E-state index is -0.173. The van der Waals surface area contributed by atoms with Crippen molar-refractivity contribution >= 4 is 28.7 Å². The Labute approximate surface area is 128 Å². The van der Waals surface area contributed by atoms with E-state index in [1.807, 2.05) is 24.3 Å². The van der Waals surface area contributed by atoms with Crippen LogP contribution in [0.1, 0.15) is 0 Å². The smallest absolute Gasteiger partial charge is 0.146 e. The van der Waals surface area contributed by atoms with E-state index in [0.717, 1.165) is 37.6 Å². The van der Waals surface area contributed by atoms with Crippen LogP contribution < -0.4 is 15.5 Å². The van der Waals surface area contributed by atoms with E-state index in [2.05, 4.69) is 9.80 Å². The molecule has 0 saturated carbocycles. The lowest BCUT2D eigenvalue weighted by atomic mass is 10.2. The lowest BCUT2D eigenvalue weighted by Gasteiger charge is -2.38. The molecule has 0 unspecified atom stereocenters. The maximum absolute atomic E-state index is 13.8. The normalized spacial score (nSPS) is 15.3. The van der Waals surface area contributed by atoms with Crippen molar-refractivity contribution in [3.8, 4) is 0 Å². The molecule has 0 aliphatic carbocycles. The minimum absolute atomic E-state index is 0.173. The molecule has 2 N–H and O–H groups in total. The second-order valence-corrected chi connectivity index (χ2v) is 5.57. The molecule has 1 aliphatic heterocycles. The zero-order valence-electron chi connectivity index (χ0n) is 11.6. The number of nitrogen functional groups attached to an aromatic ring is 1. The standard InChI is InChI=1S/C16H17ClFN3/c17-12-5-6-14(19)16(11-12)21-9-7-20(8-10-21)15-4-2-1-3-13(15)18/h1-6,11H,7-10,19H2. The van der Waals surface area contributed by atoms with E-state index < -0.39 is 0 Å². The third kappa shape index (κ3) is 2.90. The number of hydrogen-bond acceptors (Lipinski definition) is 3. The fourth-order valence-electron chi connectivity index (χ4n) is 2.69. The summed E-state index contributed by atoms with van der Waals surface area (Å²) >= 11 is 6.04. The molecule has 3 rings (SSSR count). The highest BCUT2D eigenvalue weighted by molar-refractivity contribution is 6.31. The van der Waals surface area contributed by atoms with E-state index in [0.29, 0.717) is 10.7 Å². The molecule has 1 saturated heterocycles. The van der Waals surface area contributed by atoms with Crippen molar-refractivity contribution in [3.63, 3.8) is 0 Å². The SMILES string of the molecule is Nc1ccc(Cl)cc1N1CCN(c2ccccc2F)CC1. The molecule has 1 fully saturated rings. The van der Waals surface area contributed by atoms with Crippen LogP contribution in [0.5, 0.6) is 0 Å². The highest BCUT2D eigenvalue weighted by Gasteiger charge is 2.20. The zero-order valence-corrected chi connectivity index (χ0v) is 12.4. The molecule has 0 bridgehead atoms. The monoisotopic (exact) mass is 305 g/mol. The van der Waals surface area contributed by atoms with Gasteiger partial charge in [-0.1, -0.05) is 23.7 Å². The maximum atomic E-state index is 13.8. The van der Waals surface area contributed by atoms with Gasteiger partial charge in [0.15, 0.2) is 0 Å². The van der Waals surface area contributed by atoms with Gasteiger partial charge in [-0.15, -0.1) is 0 Å². The Morgan fingerprint density at radius 2 is 1.52 bits per heavy atom. The number of anilines is 3. The van der Waals surface area contributed by atoms with Crippen molar-refractivity contribution in [3.05, 3.63) is 53.3 Å². The molecular weight excluding hydrogens is 289 g/mol. The molecule has 0 spiro atoms. The van der Waals surface area contributed by atoms with Crippen LogP contribution in [0.15, 0.2) is 42.5 Å². The molecule has 110 valence electrons. The molecule has 21 heavy (non-hydrogen) atoms. The Morgan fingerprint density at radius 3 is 2.19 bits per heavy atom. The first kappa shape index (κ1) is 14.0. The van der Waals surface area contributed by atoms with Crippen LogP contribution in [0.4, 0.5) is 21.5 Å². The van der Waals surface area contributed by atoms with E-state index in [9.17, 15) is 4.39 Å². The van der Waals surface area contributed by atoms with E-state index in [1.165, 1.54) is 6.07 Å². The average molecular weight is 306 g/mol. The second kappa shape index (κ2) is 5.82. The van der Waals surface area contributed by atoms with Crippen LogP contribution in [-0.4, -0.2) is 26.2 Å². The number of benzene rings is 2. The Bertz CT molecular complexity index is 639. The molecule has 0 atom stereocenters. The first-order valence-corrected chi connectivity index (χ1v) is 7.32. The number of hydrogen-bond donors (Lipinski definition) is 1. The number of nitrogens with two attached hydrogens (primary N) is 1. The number of nitrogens with zero attached hydrogens (tertiary/aromatic N) is 2. The third-order valence-electron chi connectivity index (χ3n) is 3.81. The molecule has 1 aliphatic rings. The predicted molar refractivity (Wildman–Crippen MR) is 86.7 cm³/mol. The Morgan fingerprint density at radius 1 is 0.905 bits per heavy atom. The Kier molecular flexibility index (Phi) is 3.88. The quantitative estimate of drug-likeness (QED) is 0.863. The van der Waals surface area contributed by atoms with Crippen LogP contribution in [0.25, 0.3) is 0 Å². The zero-order chi connectivity index (χ0) is 14.8. The van der Waals surface area contributed by atoms with Gasteiger partial charge < -0.3 is 15.5 Å². The van der Waals surface area contributed by atoms with Gasteiger partial charge in [-0.2, -0.15) is 0 Å². The number of para-hydroxylation sites is 1. The summed E-state index contributed by atoms with van der Waals surface area (Å²) in [4.78, 5) is 4.26. The Balaban J connectivity index is 1.73. The van der Waals surface area contributed by atoms with Crippen molar-refractivity contribution in [1.82, 2.24) is 0 Å². The highest BCUT2D eigenvalue weighted by Crippen LogP contribution is 2.29. The van der Waals surface area contributed by atoms with Crippen LogP contribution in [0.2, 0.25) is 5.02 Å². The summed E-state index contributed by atoms with van der Waals surface area (Å²) in [5, 5.41) is 0.677.